The van der Waals surface area contributed by atoms with Crippen LogP contribution in [0.3, 0.4) is 0 Å². The Morgan fingerprint density at radius 2 is 1.83 bits per heavy atom. The smallest absolute Gasteiger partial charge is 0.408 e. The summed E-state index contributed by atoms with van der Waals surface area (Å²) in [6.07, 6.45) is -1.28. The fourth-order valence-corrected chi connectivity index (χ4v) is 1.62. The number of alkyl carbamates (subject to hydrolysis) is 2. The standard InChI is InChI=1S/C16H24N2O5/c1-16(2,3)23-15(21)18-13(10-19)9-17-14(20)22-11-12-7-5-4-6-8-12/h4-8,13,19H,9-11H2,1-3H3,(H,17,20)(H,18,21)/t13-/m0/s1. The molecule has 0 heterocycles. The predicted octanol–water partition coefficient (Wildman–Crippen LogP) is 1.80. The molecule has 0 aliphatic heterocycles. The third-order valence-electron chi connectivity index (χ3n) is 2.65. The van der Waals surface area contributed by atoms with Crippen LogP contribution >= 0.6 is 0 Å². The number of carbonyl (C=O) groups is 2. The maximum absolute atomic E-state index is 11.6. The summed E-state index contributed by atoms with van der Waals surface area (Å²) in [4.78, 5) is 23.2. The minimum atomic E-state index is -0.658. The van der Waals surface area contributed by atoms with Crippen LogP contribution in [0.1, 0.15) is 26.3 Å². The number of aliphatic hydroxyl groups is 1. The van der Waals surface area contributed by atoms with Crippen molar-refractivity contribution in [2.75, 3.05) is 13.2 Å². The minimum Gasteiger partial charge on any atom is -0.445 e. The molecule has 0 aliphatic carbocycles. The molecule has 0 bridgehead atoms. The van der Waals surface area contributed by atoms with Crippen molar-refractivity contribution in [3.8, 4) is 0 Å². The monoisotopic (exact) mass is 324 g/mol. The number of aliphatic hydroxyl groups excluding tert-OH is 1. The van der Waals surface area contributed by atoms with Gasteiger partial charge in [-0.05, 0) is 26.3 Å². The normalized spacial score (nSPS) is 12.2. The lowest BCUT2D eigenvalue weighted by Crippen LogP contribution is -2.47. The fourth-order valence-electron chi connectivity index (χ4n) is 1.62. The number of carbonyl (C=O) groups excluding carboxylic acids is 2. The van der Waals surface area contributed by atoms with Gasteiger partial charge in [0.1, 0.15) is 12.2 Å². The number of benzene rings is 1. The summed E-state index contributed by atoms with van der Waals surface area (Å²) in [7, 11) is 0. The first-order valence-electron chi connectivity index (χ1n) is 7.35. The number of nitrogens with one attached hydrogen (secondary N) is 2. The van der Waals surface area contributed by atoms with E-state index in [9.17, 15) is 14.7 Å². The second-order valence-corrected chi connectivity index (χ2v) is 5.97. The molecule has 0 saturated carbocycles. The van der Waals surface area contributed by atoms with Crippen LogP contribution in [-0.2, 0) is 16.1 Å². The van der Waals surface area contributed by atoms with Crippen molar-refractivity contribution in [3.05, 3.63) is 35.9 Å². The molecule has 0 aromatic heterocycles. The van der Waals surface area contributed by atoms with E-state index in [1.807, 2.05) is 30.3 Å². The Kier molecular flexibility index (Phi) is 7.34. The van der Waals surface area contributed by atoms with Crippen molar-refractivity contribution < 1.29 is 24.2 Å². The second-order valence-electron chi connectivity index (χ2n) is 5.97. The van der Waals surface area contributed by atoms with E-state index in [1.54, 1.807) is 20.8 Å². The molecule has 0 saturated heterocycles. The molecular weight excluding hydrogens is 300 g/mol. The molecule has 1 rings (SSSR count). The molecule has 7 nitrogen and oxygen atoms in total. The van der Waals surface area contributed by atoms with Gasteiger partial charge in [-0.3, -0.25) is 0 Å². The number of hydrogen-bond acceptors (Lipinski definition) is 5. The van der Waals surface area contributed by atoms with Crippen LogP contribution in [0.2, 0.25) is 0 Å². The van der Waals surface area contributed by atoms with Gasteiger partial charge >= 0.3 is 12.2 Å². The number of rotatable bonds is 6. The van der Waals surface area contributed by atoms with E-state index in [2.05, 4.69) is 10.6 Å². The highest BCUT2D eigenvalue weighted by atomic mass is 16.6. The summed E-state index contributed by atoms with van der Waals surface area (Å²) in [6, 6.07) is 8.60. The Bertz CT molecular complexity index is 499. The van der Waals surface area contributed by atoms with Crippen molar-refractivity contribution in [3.63, 3.8) is 0 Å². The van der Waals surface area contributed by atoms with Crippen molar-refractivity contribution in [1.82, 2.24) is 10.6 Å². The van der Waals surface area contributed by atoms with Crippen LogP contribution in [-0.4, -0.2) is 42.1 Å². The van der Waals surface area contributed by atoms with Gasteiger partial charge in [-0.1, -0.05) is 30.3 Å². The van der Waals surface area contributed by atoms with Crippen LogP contribution in [0.5, 0.6) is 0 Å². The highest BCUT2D eigenvalue weighted by Crippen LogP contribution is 2.06. The molecule has 7 heteroatoms. The van der Waals surface area contributed by atoms with Crippen molar-refractivity contribution in [2.45, 2.75) is 39.0 Å². The molecule has 2 amide bonds. The summed E-state index contributed by atoms with van der Waals surface area (Å²) in [5.74, 6) is 0. The van der Waals surface area contributed by atoms with Gasteiger partial charge in [0, 0.05) is 6.54 Å². The third-order valence-corrected chi connectivity index (χ3v) is 2.65. The van der Waals surface area contributed by atoms with Crippen LogP contribution in [0.4, 0.5) is 9.59 Å². The lowest BCUT2D eigenvalue weighted by Gasteiger charge is -2.22. The lowest BCUT2D eigenvalue weighted by molar-refractivity contribution is 0.0480. The predicted molar refractivity (Wildman–Crippen MR) is 84.9 cm³/mol. The van der Waals surface area contributed by atoms with E-state index in [-0.39, 0.29) is 19.8 Å². The van der Waals surface area contributed by atoms with Crippen molar-refractivity contribution >= 4 is 12.2 Å². The number of amides is 2. The van der Waals surface area contributed by atoms with Gasteiger partial charge in [0.15, 0.2) is 0 Å². The molecule has 23 heavy (non-hydrogen) atoms. The van der Waals surface area contributed by atoms with Crippen molar-refractivity contribution in [1.29, 1.82) is 0 Å². The highest BCUT2D eigenvalue weighted by molar-refractivity contribution is 5.69. The summed E-state index contributed by atoms with van der Waals surface area (Å²) < 4.78 is 10.1. The molecule has 0 fully saturated rings. The van der Waals surface area contributed by atoms with Crippen LogP contribution in [0, 0.1) is 0 Å². The van der Waals surface area contributed by atoms with Crippen LogP contribution in [0.15, 0.2) is 30.3 Å². The molecular formula is C16H24N2O5. The van der Waals surface area contributed by atoms with E-state index < -0.39 is 23.8 Å². The Morgan fingerprint density at radius 3 is 2.39 bits per heavy atom. The fraction of sp³-hybridized carbons (Fsp3) is 0.500. The second kappa shape index (κ2) is 8.99. The lowest BCUT2D eigenvalue weighted by atomic mass is 10.2. The van der Waals surface area contributed by atoms with E-state index in [1.165, 1.54) is 0 Å². The third kappa shape index (κ3) is 8.67. The SMILES string of the molecule is CC(C)(C)OC(=O)N[C@H](CO)CNC(=O)OCc1ccccc1. The molecule has 1 atom stereocenters. The topological polar surface area (TPSA) is 96.9 Å². The zero-order chi connectivity index (χ0) is 17.3. The Morgan fingerprint density at radius 1 is 1.17 bits per heavy atom. The molecule has 1 aromatic carbocycles. The first kappa shape index (κ1) is 18.8. The zero-order valence-corrected chi connectivity index (χ0v) is 13.7. The molecule has 0 spiro atoms. The average Bonchev–Trinajstić information content (AvgIpc) is 2.48. The van der Waals surface area contributed by atoms with Gasteiger partial charge in [0.25, 0.3) is 0 Å². The van der Waals surface area contributed by atoms with Gasteiger partial charge in [0.2, 0.25) is 0 Å². The van der Waals surface area contributed by atoms with E-state index >= 15 is 0 Å². The highest BCUT2D eigenvalue weighted by Gasteiger charge is 2.19. The Balaban J connectivity index is 2.30. The molecule has 1 aromatic rings. The summed E-state index contributed by atoms with van der Waals surface area (Å²) >= 11 is 0. The van der Waals surface area contributed by atoms with Gasteiger partial charge in [-0.2, -0.15) is 0 Å². The minimum absolute atomic E-state index is 0.0311. The summed E-state index contributed by atoms with van der Waals surface area (Å²) in [5.41, 5.74) is 0.236. The maximum Gasteiger partial charge on any atom is 0.408 e. The maximum atomic E-state index is 11.6. The van der Waals surface area contributed by atoms with Gasteiger partial charge in [-0.25, -0.2) is 9.59 Å². The van der Waals surface area contributed by atoms with Crippen LogP contribution < -0.4 is 10.6 Å². The number of hydrogen-bond donors (Lipinski definition) is 3. The quantitative estimate of drug-likeness (QED) is 0.741. The number of ether oxygens (including phenoxy) is 2. The zero-order valence-electron chi connectivity index (χ0n) is 13.7. The first-order chi connectivity index (χ1) is 10.8. The van der Waals surface area contributed by atoms with Crippen molar-refractivity contribution in [2.24, 2.45) is 0 Å². The van der Waals surface area contributed by atoms with Gasteiger partial charge < -0.3 is 25.2 Å². The summed E-state index contributed by atoms with van der Waals surface area (Å²) in [6.45, 7) is 5.05. The molecule has 3 N–H and O–H groups in total. The molecule has 128 valence electrons. The first-order valence-corrected chi connectivity index (χ1v) is 7.35. The summed E-state index contributed by atoms with van der Waals surface area (Å²) in [5, 5.41) is 14.2. The largest absolute Gasteiger partial charge is 0.445 e. The van der Waals surface area contributed by atoms with Crippen LogP contribution in [0.25, 0.3) is 0 Å². The van der Waals surface area contributed by atoms with E-state index in [4.69, 9.17) is 9.47 Å². The Hall–Kier alpha value is -2.28. The molecule has 0 aliphatic rings. The van der Waals surface area contributed by atoms with E-state index in [0.29, 0.717) is 0 Å². The average molecular weight is 324 g/mol. The van der Waals surface area contributed by atoms with Gasteiger partial charge in [-0.15, -0.1) is 0 Å². The molecule has 0 unspecified atom stereocenters. The van der Waals surface area contributed by atoms with Gasteiger partial charge in [0.05, 0.1) is 12.6 Å². The molecule has 0 radical (unpaired) electrons. The van der Waals surface area contributed by atoms with E-state index in [0.717, 1.165) is 5.56 Å². The Labute approximate surface area is 136 Å².